The van der Waals surface area contributed by atoms with Gasteiger partial charge < -0.3 is 9.80 Å². The summed E-state index contributed by atoms with van der Waals surface area (Å²) in [6.07, 6.45) is 0. The van der Waals surface area contributed by atoms with Crippen LogP contribution >= 0.6 is 0 Å². The Kier molecular flexibility index (Phi) is 10.9. The van der Waals surface area contributed by atoms with E-state index in [0.29, 0.717) is 11.1 Å². The van der Waals surface area contributed by atoms with Crippen molar-refractivity contribution in [1.29, 1.82) is 0 Å². The standard InChI is InChI=1S/C75H52N2O2S/c78-80(79)71-49-47-59(76-67-43-23-19-39-61(67)73(53-27-7-1-8-28-53,54-29-9-2-10-30-54)62-40-20-24-44-68(62)76)51-65(71)75(57-35-15-5-16-36-57,58-37-17-6-18-38-58)66-52-60(48-50-72(66)80)77-69-45-25-21-41-63(69)74(55-31-11-3-12-32-55,56-33-13-4-14-34-56)64-42-22-26-46-70(64)77/h1-52H. The van der Waals surface area contributed by atoms with Crippen LogP contribution in [0.4, 0.5) is 34.1 Å². The Morgan fingerprint density at radius 1 is 0.225 bits per heavy atom. The second-order valence-electron chi connectivity index (χ2n) is 21.0. The molecule has 0 spiro atoms. The first-order valence-electron chi connectivity index (χ1n) is 27.3. The third-order valence-electron chi connectivity index (χ3n) is 17.3. The summed E-state index contributed by atoms with van der Waals surface area (Å²) in [5.41, 5.74) is 15.7. The molecule has 15 rings (SSSR count). The zero-order valence-electron chi connectivity index (χ0n) is 43.6. The molecule has 0 saturated carbocycles. The van der Waals surface area contributed by atoms with E-state index in [-0.39, 0.29) is 9.79 Å². The maximum absolute atomic E-state index is 16.0. The Bertz CT molecular complexity index is 3980. The molecule has 3 heterocycles. The van der Waals surface area contributed by atoms with Gasteiger partial charge in [-0.3, -0.25) is 0 Å². The molecule has 0 unspecified atom stereocenters. The van der Waals surface area contributed by atoms with Crippen molar-refractivity contribution >= 4 is 44.0 Å². The normalized spacial score (nSPS) is 15.4. The fourth-order valence-corrected chi connectivity index (χ4v) is 15.9. The third-order valence-corrected chi connectivity index (χ3v) is 19.1. The molecule has 0 radical (unpaired) electrons. The second kappa shape index (κ2) is 18.4. The monoisotopic (exact) mass is 1040 g/mol. The van der Waals surface area contributed by atoms with Crippen LogP contribution in [0.25, 0.3) is 0 Å². The van der Waals surface area contributed by atoms with Gasteiger partial charge in [0.05, 0.1) is 48.8 Å². The van der Waals surface area contributed by atoms with Gasteiger partial charge in [-0.25, -0.2) is 8.42 Å². The van der Waals surface area contributed by atoms with E-state index in [1.54, 1.807) is 0 Å². The van der Waals surface area contributed by atoms with E-state index in [1.165, 1.54) is 0 Å². The molecule has 0 amide bonds. The minimum atomic E-state index is -4.14. The van der Waals surface area contributed by atoms with Crippen LogP contribution in [0.2, 0.25) is 0 Å². The highest BCUT2D eigenvalue weighted by molar-refractivity contribution is 7.91. The highest BCUT2D eigenvalue weighted by atomic mass is 32.2. The Morgan fingerprint density at radius 2 is 0.438 bits per heavy atom. The van der Waals surface area contributed by atoms with Crippen LogP contribution in [0, 0.1) is 0 Å². The molecule has 0 fully saturated rings. The average Bonchev–Trinajstić information content (AvgIpc) is 2.99. The molecule has 4 nitrogen and oxygen atoms in total. The lowest BCUT2D eigenvalue weighted by Crippen LogP contribution is -2.39. The quantitative estimate of drug-likeness (QED) is 0.152. The fraction of sp³-hybridized carbons (Fsp3) is 0.0400. The largest absolute Gasteiger partial charge is 0.310 e. The summed E-state index contributed by atoms with van der Waals surface area (Å²) in [4.78, 5) is 5.25. The number of rotatable bonds is 8. The van der Waals surface area contributed by atoms with Crippen molar-refractivity contribution in [2.45, 2.75) is 26.0 Å². The highest BCUT2D eigenvalue weighted by Gasteiger charge is 2.52. The van der Waals surface area contributed by atoms with E-state index in [9.17, 15) is 0 Å². The molecule has 3 aliphatic rings. The van der Waals surface area contributed by atoms with E-state index in [1.807, 2.05) is 36.4 Å². The Balaban J connectivity index is 1.00. The van der Waals surface area contributed by atoms with Gasteiger partial charge in [0.1, 0.15) is 0 Å². The minimum absolute atomic E-state index is 0.278. The second-order valence-corrected chi connectivity index (χ2v) is 22.9. The number of nitrogens with zero attached hydrogens (tertiary/aromatic N) is 2. The summed E-state index contributed by atoms with van der Waals surface area (Å²) in [5.74, 6) is 0. The lowest BCUT2D eigenvalue weighted by Gasteiger charge is -2.47. The van der Waals surface area contributed by atoms with Gasteiger partial charge in [-0.1, -0.05) is 255 Å². The van der Waals surface area contributed by atoms with E-state index in [4.69, 9.17) is 0 Å². The number of sulfone groups is 1. The van der Waals surface area contributed by atoms with Gasteiger partial charge in [-0.15, -0.1) is 0 Å². The van der Waals surface area contributed by atoms with Crippen molar-refractivity contribution in [1.82, 2.24) is 0 Å². The number of anilines is 6. The first-order valence-corrected chi connectivity index (χ1v) is 28.8. The lowest BCUT2D eigenvalue weighted by molar-refractivity contribution is 0.579. The van der Waals surface area contributed by atoms with Crippen molar-refractivity contribution in [3.8, 4) is 0 Å². The van der Waals surface area contributed by atoms with E-state index >= 15 is 8.42 Å². The fourth-order valence-electron chi connectivity index (χ4n) is 14.2. The SMILES string of the molecule is O=S1(=O)c2ccc(N3c4ccccc4C(c4ccccc4)(c4ccccc4)c4ccccc43)cc2C(c2ccccc2)(c2ccccc2)c2cc(N3c4ccccc4C(c4ccccc4)(c4ccccc4)c4ccccc43)ccc21. The predicted octanol–water partition coefficient (Wildman–Crippen LogP) is 17.5. The Hall–Kier alpha value is -9.81. The summed E-state index contributed by atoms with van der Waals surface area (Å²) in [7, 11) is -4.14. The van der Waals surface area contributed by atoms with Crippen LogP contribution < -0.4 is 9.80 Å². The van der Waals surface area contributed by atoms with E-state index < -0.39 is 26.1 Å². The summed E-state index contributed by atoms with van der Waals surface area (Å²) in [6, 6.07) is 111. The van der Waals surface area contributed by atoms with Gasteiger partial charge in [-0.2, -0.15) is 0 Å². The first-order chi connectivity index (χ1) is 39.5. The summed E-state index contributed by atoms with van der Waals surface area (Å²) < 4.78 is 32.0. The molecule has 0 N–H and O–H groups in total. The molecule has 0 aromatic heterocycles. The first kappa shape index (κ1) is 47.4. The van der Waals surface area contributed by atoms with Gasteiger partial charge in [0.2, 0.25) is 9.84 Å². The van der Waals surface area contributed by atoms with Crippen LogP contribution in [-0.2, 0) is 26.1 Å². The summed E-state index contributed by atoms with van der Waals surface area (Å²) in [5, 5.41) is 0. The molecule has 12 aromatic carbocycles. The molecular weight excluding hydrogens is 993 g/mol. The average molecular weight is 1050 g/mol. The van der Waals surface area contributed by atoms with E-state index in [2.05, 4.69) is 289 Å². The van der Waals surface area contributed by atoms with Crippen molar-refractivity contribution in [3.63, 3.8) is 0 Å². The van der Waals surface area contributed by atoms with Crippen LogP contribution in [0.3, 0.4) is 0 Å². The van der Waals surface area contributed by atoms with Crippen LogP contribution in [0.1, 0.15) is 66.8 Å². The molecule has 5 heteroatoms. The van der Waals surface area contributed by atoms with Crippen molar-refractivity contribution < 1.29 is 8.42 Å². The number of benzene rings is 12. The molecule has 0 atom stereocenters. The van der Waals surface area contributed by atoms with Gasteiger partial charge in [0, 0.05) is 11.4 Å². The molecular formula is C75H52N2O2S. The minimum Gasteiger partial charge on any atom is -0.310 e. The lowest BCUT2D eigenvalue weighted by atomic mass is 9.62. The van der Waals surface area contributed by atoms with Crippen LogP contribution in [0.15, 0.2) is 325 Å². The van der Waals surface area contributed by atoms with E-state index in [0.717, 1.165) is 89.8 Å². The van der Waals surface area contributed by atoms with Crippen molar-refractivity contribution in [2.24, 2.45) is 0 Å². The molecule has 380 valence electrons. The van der Waals surface area contributed by atoms with Crippen LogP contribution in [0.5, 0.6) is 0 Å². The smallest absolute Gasteiger partial charge is 0.207 e. The topological polar surface area (TPSA) is 40.6 Å². The zero-order valence-corrected chi connectivity index (χ0v) is 44.5. The summed E-state index contributed by atoms with van der Waals surface area (Å²) in [6.45, 7) is 0. The number of hydrogen-bond donors (Lipinski definition) is 0. The molecule has 0 bridgehead atoms. The third kappa shape index (κ3) is 6.59. The maximum atomic E-state index is 16.0. The van der Waals surface area contributed by atoms with Crippen LogP contribution in [-0.4, -0.2) is 8.42 Å². The van der Waals surface area contributed by atoms with Gasteiger partial charge in [0.25, 0.3) is 0 Å². The number of para-hydroxylation sites is 4. The highest BCUT2D eigenvalue weighted by Crippen LogP contribution is 2.62. The molecule has 0 saturated heterocycles. The molecule has 3 aliphatic heterocycles. The van der Waals surface area contributed by atoms with Gasteiger partial charge in [-0.05, 0) is 127 Å². The summed E-state index contributed by atoms with van der Waals surface area (Å²) >= 11 is 0. The maximum Gasteiger partial charge on any atom is 0.207 e. The Morgan fingerprint density at radius 3 is 0.688 bits per heavy atom. The number of hydrogen-bond acceptors (Lipinski definition) is 4. The van der Waals surface area contributed by atoms with Crippen molar-refractivity contribution in [3.05, 3.63) is 382 Å². The zero-order chi connectivity index (χ0) is 53.5. The molecule has 80 heavy (non-hydrogen) atoms. The molecule has 0 aliphatic carbocycles. The number of fused-ring (bicyclic) bond motifs is 6. The van der Waals surface area contributed by atoms with Gasteiger partial charge >= 0.3 is 0 Å². The Labute approximate surface area is 467 Å². The van der Waals surface area contributed by atoms with Gasteiger partial charge in [0.15, 0.2) is 0 Å². The predicted molar refractivity (Wildman–Crippen MR) is 323 cm³/mol. The molecule has 12 aromatic rings. The van der Waals surface area contributed by atoms with Crippen molar-refractivity contribution in [2.75, 3.05) is 9.80 Å².